The Morgan fingerprint density at radius 2 is 2.11 bits per heavy atom. The van der Waals surface area contributed by atoms with Crippen LogP contribution < -0.4 is 16.4 Å². The summed E-state index contributed by atoms with van der Waals surface area (Å²) in [7, 11) is 0. The molecule has 19 heavy (non-hydrogen) atoms. The Hall–Kier alpha value is -1.89. The highest BCUT2D eigenvalue weighted by Gasteiger charge is 2.10. The number of aromatic nitrogens is 2. The first kappa shape index (κ1) is 15.2. The molecule has 0 spiro atoms. The van der Waals surface area contributed by atoms with Crippen molar-refractivity contribution in [1.82, 2.24) is 15.1 Å². The molecule has 0 aliphatic rings. The van der Waals surface area contributed by atoms with Crippen molar-refractivity contribution in [2.24, 2.45) is 5.92 Å². The molecule has 1 heterocycles. The van der Waals surface area contributed by atoms with E-state index in [4.69, 9.17) is 0 Å². The van der Waals surface area contributed by atoms with Crippen LogP contribution in [0.3, 0.4) is 0 Å². The van der Waals surface area contributed by atoms with Crippen LogP contribution in [0.5, 0.6) is 0 Å². The second kappa shape index (κ2) is 6.89. The molecule has 1 unspecified atom stereocenters. The number of hydrogen-bond donors (Lipinski definition) is 3. The molecule has 0 aliphatic carbocycles. The number of aliphatic hydroxyl groups is 1. The molecule has 0 aliphatic heterocycles. The zero-order valence-electron chi connectivity index (χ0n) is 11.0. The van der Waals surface area contributed by atoms with Crippen molar-refractivity contribution in [3.05, 3.63) is 32.8 Å². The van der Waals surface area contributed by atoms with Crippen LogP contribution in [0.4, 0.5) is 0 Å². The Morgan fingerprint density at radius 1 is 1.42 bits per heavy atom. The number of amides is 1. The van der Waals surface area contributed by atoms with Crippen LogP contribution in [-0.2, 0) is 11.3 Å². The topological polar surface area (TPSA) is 104 Å². The first-order valence-corrected chi connectivity index (χ1v) is 6.13. The summed E-state index contributed by atoms with van der Waals surface area (Å²) >= 11 is 0. The van der Waals surface area contributed by atoms with E-state index in [2.05, 4.69) is 10.4 Å². The number of hydrogen-bond acceptors (Lipinski definition) is 4. The van der Waals surface area contributed by atoms with E-state index >= 15 is 0 Å². The fourth-order valence-corrected chi connectivity index (χ4v) is 1.64. The van der Waals surface area contributed by atoms with Gasteiger partial charge in [0.1, 0.15) is 6.54 Å². The predicted octanol–water partition coefficient (Wildman–Crippen LogP) is -0.940. The first-order valence-electron chi connectivity index (χ1n) is 6.13. The molecule has 1 amide bonds. The van der Waals surface area contributed by atoms with E-state index in [0.717, 1.165) is 16.8 Å². The molecular formula is C12H19N3O4. The van der Waals surface area contributed by atoms with Gasteiger partial charge in [0.2, 0.25) is 5.91 Å². The largest absolute Gasteiger partial charge is 0.391 e. The van der Waals surface area contributed by atoms with Gasteiger partial charge in [-0.15, -0.1) is 0 Å². The number of H-pyrrole nitrogens is 1. The lowest BCUT2D eigenvalue weighted by Gasteiger charge is -2.14. The van der Waals surface area contributed by atoms with Crippen LogP contribution in [0.2, 0.25) is 0 Å². The molecule has 0 bridgehead atoms. The monoisotopic (exact) mass is 269 g/mol. The third-order valence-corrected chi connectivity index (χ3v) is 2.47. The highest BCUT2D eigenvalue weighted by molar-refractivity contribution is 5.75. The predicted molar refractivity (Wildman–Crippen MR) is 69.8 cm³/mol. The van der Waals surface area contributed by atoms with Crippen LogP contribution in [0.25, 0.3) is 0 Å². The van der Waals surface area contributed by atoms with E-state index in [1.807, 2.05) is 13.8 Å². The van der Waals surface area contributed by atoms with Gasteiger partial charge in [0, 0.05) is 18.7 Å². The van der Waals surface area contributed by atoms with Crippen LogP contribution >= 0.6 is 0 Å². The van der Waals surface area contributed by atoms with Gasteiger partial charge in [-0.25, -0.2) is 4.68 Å². The van der Waals surface area contributed by atoms with Gasteiger partial charge in [0.15, 0.2) is 0 Å². The summed E-state index contributed by atoms with van der Waals surface area (Å²) < 4.78 is 0.923. The fourth-order valence-electron chi connectivity index (χ4n) is 1.64. The molecular weight excluding hydrogens is 250 g/mol. The second-order valence-electron chi connectivity index (χ2n) is 4.82. The smallest absolute Gasteiger partial charge is 0.265 e. The van der Waals surface area contributed by atoms with Gasteiger partial charge in [0.05, 0.1) is 6.10 Å². The molecule has 1 atom stereocenters. The molecule has 0 aromatic carbocycles. The summed E-state index contributed by atoms with van der Waals surface area (Å²) in [6, 6.07) is 2.20. The minimum absolute atomic E-state index is 0.128. The van der Waals surface area contributed by atoms with Gasteiger partial charge in [-0.05, 0) is 12.3 Å². The second-order valence-corrected chi connectivity index (χ2v) is 4.82. The molecule has 1 rings (SSSR count). The van der Waals surface area contributed by atoms with E-state index in [-0.39, 0.29) is 13.1 Å². The van der Waals surface area contributed by atoms with Crippen molar-refractivity contribution in [3.8, 4) is 0 Å². The summed E-state index contributed by atoms with van der Waals surface area (Å²) in [5.41, 5.74) is -0.912. The maximum absolute atomic E-state index is 11.6. The Morgan fingerprint density at radius 3 is 2.74 bits per heavy atom. The minimum Gasteiger partial charge on any atom is -0.391 e. The lowest BCUT2D eigenvalue weighted by Crippen LogP contribution is -2.39. The van der Waals surface area contributed by atoms with Crippen molar-refractivity contribution < 1.29 is 9.90 Å². The zero-order chi connectivity index (χ0) is 14.4. The molecule has 0 fully saturated rings. The number of nitrogens with one attached hydrogen (secondary N) is 2. The third kappa shape index (κ3) is 5.52. The Balaban J connectivity index is 2.49. The molecule has 0 radical (unpaired) electrons. The molecule has 1 aromatic heterocycles. The highest BCUT2D eigenvalue weighted by Crippen LogP contribution is 2.02. The van der Waals surface area contributed by atoms with Crippen LogP contribution in [0.15, 0.2) is 21.7 Å². The third-order valence-electron chi connectivity index (χ3n) is 2.47. The highest BCUT2D eigenvalue weighted by atomic mass is 16.3. The fraction of sp³-hybridized carbons (Fsp3) is 0.583. The van der Waals surface area contributed by atoms with Gasteiger partial charge >= 0.3 is 0 Å². The molecule has 3 N–H and O–H groups in total. The van der Waals surface area contributed by atoms with E-state index in [1.165, 1.54) is 0 Å². The van der Waals surface area contributed by atoms with E-state index < -0.39 is 23.1 Å². The van der Waals surface area contributed by atoms with Crippen molar-refractivity contribution in [3.63, 3.8) is 0 Å². The first-order chi connectivity index (χ1) is 8.88. The molecule has 0 saturated heterocycles. The van der Waals surface area contributed by atoms with E-state index in [9.17, 15) is 19.5 Å². The number of nitrogens with zero attached hydrogens (tertiary/aromatic N) is 1. The molecule has 7 heteroatoms. The maximum Gasteiger partial charge on any atom is 0.265 e. The standard InChI is InChI=1S/C12H19N3O4/c1-8(2)5-9(16)6-13-11(18)7-15-12(19)4-3-10(17)14-15/h3-4,8-9,16H,5-7H2,1-2H3,(H,13,18)(H,14,17). The number of carbonyl (C=O) groups is 1. The van der Waals surface area contributed by atoms with Gasteiger partial charge in [-0.1, -0.05) is 13.8 Å². The SMILES string of the molecule is CC(C)CC(O)CNC(=O)Cn1[nH]c(=O)ccc1=O. The lowest BCUT2D eigenvalue weighted by atomic mass is 10.1. The van der Waals surface area contributed by atoms with E-state index in [0.29, 0.717) is 12.3 Å². The summed E-state index contributed by atoms with van der Waals surface area (Å²) in [6.45, 7) is 3.80. The average molecular weight is 269 g/mol. The lowest BCUT2D eigenvalue weighted by molar-refractivity contribution is -0.122. The van der Waals surface area contributed by atoms with Crippen LogP contribution in [-0.4, -0.2) is 33.4 Å². The van der Waals surface area contributed by atoms with Crippen LogP contribution in [0, 0.1) is 5.92 Å². The van der Waals surface area contributed by atoms with Gasteiger partial charge in [0.25, 0.3) is 11.1 Å². The van der Waals surface area contributed by atoms with Crippen molar-refractivity contribution in [2.45, 2.75) is 32.9 Å². The summed E-state index contributed by atoms with van der Waals surface area (Å²) in [5.74, 6) is -0.105. The quantitative estimate of drug-likeness (QED) is 0.620. The van der Waals surface area contributed by atoms with Gasteiger partial charge < -0.3 is 10.4 Å². The van der Waals surface area contributed by atoms with E-state index in [1.54, 1.807) is 0 Å². The van der Waals surface area contributed by atoms with Gasteiger partial charge in [-0.3, -0.25) is 19.5 Å². The number of aromatic amines is 1. The maximum atomic E-state index is 11.6. The molecule has 106 valence electrons. The molecule has 7 nitrogen and oxygen atoms in total. The number of aliphatic hydroxyl groups excluding tert-OH is 1. The normalized spacial score (nSPS) is 12.4. The number of carbonyl (C=O) groups excluding carboxylic acids is 1. The zero-order valence-corrected chi connectivity index (χ0v) is 11.0. The molecule has 0 saturated carbocycles. The van der Waals surface area contributed by atoms with Crippen molar-refractivity contribution in [2.75, 3.05) is 6.54 Å². The summed E-state index contributed by atoms with van der Waals surface area (Å²) in [6.07, 6.45) is -0.0296. The van der Waals surface area contributed by atoms with Crippen LogP contribution in [0.1, 0.15) is 20.3 Å². The molecule has 1 aromatic rings. The Labute approximate surface area is 110 Å². The van der Waals surface area contributed by atoms with Crippen molar-refractivity contribution in [1.29, 1.82) is 0 Å². The minimum atomic E-state index is -0.615. The average Bonchev–Trinajstić information content (AvgIpc) is 2.30. The van der Waals surface area contributed by atoms with Gasteiger partial charge in [-0.2, -0.15) is 0 Å². The number of rotatable bonds is 6. The van der Waals surface area contributed by atoms with Crippen molar-refractivity contribution >= 4 is 5.91 Å². The summed E-state index contributed by atoms with van der Waals surface area (Å²) in [4.78, 5) is 33.9. The Bertz CT molecular complexity index is 532. The summed E-state index contributed by atoms with van der Waals surface area (Å²) in [5, 5.41) is 14.4. The Kier molecular flexibility index (Phi) is 5.50.